The number of ketones is 1. The molecule has 3 atom stereocenters. The van der Waals surface area contributed by atoms with Gasteiger partial charge in [-0.3, -0.25) is 14.5 Å². The Morgan fingerprint density at radius 2 is 1.96 bits per heavy atom. The van der Waals surface area contributed by atoms with E-state index in [9.17, 15) is 14.7 Å². The van der Waals surface area contributed by atoms with Gasteiger partial charge in [0, 0.05) is 17.3 Å². The van der Waals surface area contributed by atoms with Gasteiger partial charge in [0.1, 0.15) is 0 Å². The van der Waals surface area contributed by atoms with Crippen LogP contribution in [-0.2, 0) is 4.79 Å². The van der Waals surface area contributed by atoms with Crippen LogP contribution < -0.4 is 5.32 Å². The van der Waals surface area contributed by atoms with Crippen molar-refractivity contribution < 1.29 is 14.7 Å². The largest absolute Gasteiger partial charge is 0.393 e. The molecular formula is C18H26N2O3. The Morgan fingerprint density at radius 3 is 2.52 bits per heavy atom. The van der Waals surface area contributed by atoms with Gasteiger partial charge in [0.25, 0.3) is 0 Å². The molecular weight excluding hydrogens is 292 g/mol. The van der Waals surface area contributed by atoms with E-state index in [-0.39, 0.29) is 29.9 Å². The van der Waals surface area contributed by atoms with E-state index in [0.29, 0.717) is 17.7 Å². The molecule has 1 saturated heterocycles. The summed E-state index contributed by atoms with van der Waals surface area (Å²) in [5.41, 5.74) is 1.32. The second-order valence-corrected chi connectivity index (χ2v) is 6.42. The molecule has 2 rings (SSSR count). The monoisotopic (exact) mass is 318 g/mol. The van der Waals surface area contributed by atoms with Crippen LogP contribution >= 0.6 is 0 Å². The Labute approximate surface area is 137 Å². The number of anilines is 1. The van der Waals surface area contributed by atoms with Gasteiger partial charge >= 0.3 is 0 Å². The van der Waals surface area contributed by atoms with Gasteiger partial charge in [-0.2, -0.15) is 0 Å². The number of hydrogen-bond donors (Lipinski definition) is 2. The van der Waals surface area contributed by atoms with Gasteiger partial charge in [-0.05, 0) is 70.8 Å². The second-order valence-electron chi connectivity index (χ2n) is 6.42. The quantitative estimate of drug-likeness (QED) is 0.791. The number of rotatable bonds is 6. The molecule has 0 aromatic heterocycles. The van der Waals surface area contributed by atoms with Gasteiger partial charge in [0.2, 0.25) is 5.91 Å². The summed E-state index contributed by atoms with van der Waals surface area (Å²) in [4.78, 5) is 25.9. The standard InChI is InChI=1S/C18H26N2O3/c1-12(21)11-17-5-4-10-20(17)13(2)18(23)19-16-8-6-15(7-9-16)14(3)22/h6-9,12-13,17,21H,4-5,10-11H2,1-3H3,(H,19,23). The first kappa shape index (κ1) is 17.6. The lowest BCUT2D eigenvalue weighted by atomic mass is 10.1. The fourth-order valence-electron chi connectivity index (χ4n) is 3.20. The number of nitrogens with one attached hydrogen (secondary N) is 1. The van der Waals surface area contributed by atoms with Crippen LogP contribution in [0, 0.1) is 0 Å². The number of aliphatic hydroxyl groups excluding tert-OH is 1. The molecule has 3 unspecified atom stereocenters. The first-order valence-corrected chi connectivity index (χ1v) is 8.24. The number of Topliss-reactive ketones (excluding diaryl/α,β-unsaturated/α-hetero) is 1. The van der Waals surface area contributed by atoms with E-state index >= 15 is 0 Å². The van der Waals surface area contributed by atoms with Crippen molar-refractivity contribution in [2.75, 3.05) is 11.9 Å². The maximum Gasteiger partial charge on any atom is 0.241 e. The average molecular weight is 318 g/mol. The Bertz CT molecular complexity index is 554. The first-order chi connectivity index (χ1) is 10.9. The van der Waals surface area contributed by atoms with E-state index in [0.717, 1.165) is 19.4 Å². The highest BCUT2D eigenvalue weighted by Crippen LogP contribution is 2.24. The van der Waals surface area contributed by atoms with Crippen LogP contribution in [0.1, 0.15) is 50.4 Å². The van der Waals surface area contributed by atoms with Gasteiger partial charge in [-0.25, -0.2) is 0 Å². The second kappa shape index (κ2) is 7.70. The summed E-state index contributed by atoms with van der Waals surface area (Å²) >= 11 is 0. The summed E-state index contributed by atoms with van der Waals surface area (Å²) in [5.74, 6) is -0.0488. The number of aliphatic hydroxyl groups is 1. The van der Waals surface area contributed by atoms with Crippen LogP contribution in [0.2, 0.25) is 0 Å². The molecule has 0 spiro atoms. The summed E-state index contributed by atoms with van der Waals surface area (Å²) in [6.07, 6.45) is 2.43. The maximum atomic E-state index is 12.5. The minimum Gasteiger partial charge on any atom is -0.393 e. The van der Waals surface area contributed by atoms with Crippen molar-refractivity contribution in [3.63, 3.8) is 0 Å². The molecule has 1 aromatic carbocycles. The van der Waals surface area contributed by atoms with Crippen LogP contribution in [0.25, 0.3) is 0 Å². The van der Waals surface area contributed by atoms with Crippen molar-refractivity contribution in [3.05, 3.63) is 29.8 Å². The van der Waals surface area contributed by atoms with Crippen molar-refractivity contribution in [1.82, 2.24) is 4.90 Å². The fraction of sp³-hybridized carbons (Fsp3) is 0.556. The summed E-state index contributed by atoms with van der Waals surface area (Å²) in [7, 11) is 0. The molecule has 1 amide bonds. The molecule has 23 heavy (non-hydrogen) atoms. The Hall–Kier alpha value is -1.72. The van der Waals surface area contributed by atoms with Crippen molar-refractivity contribution in [2.24, 2.45) is 0 Å². The third kappa shape index (κ3) is 4.62. The average Bonchev–Trinajstić information content (AvgIpc) is 2.94. The molecule has 0 saturated carbocycles. The minimum absolute atomic E-state index is 0.00859. The molecule has 126 valence electrons. The molecule has 0 radical (unpaired) electrons. The lowest BCUT2D eigenvalue weighted by molar-refractivity contribution is -0.121. The Morgan fingerprint density at radius 1 is 1.30 bits per heavy atom. The number of benzene rings is 1. The van der Waals surface area contributed by atoms with E-state index in [1.165, 1.54) is 6.92 Å². The van der Waals surface area contributed by atoms with Gasteiger partial charge in [-0.15, -0.1) is 0 Å². The maximum absolute atomic E-state index is 12.5. The highest BCUT2D eigenvalue weighted by atomic mass is 16.3. The predicted molar refractivity (Wildman–Crippen MR) is 90.6 cm³/mol. The van der Waals surface area contributed by atoms with E-state index in [1.807, 2.05) is 6.92 Å². The van der Waals surface area contributed by atoms with Crippen LogP contribution in [-0.4, -0.2) is 46.4 Å². The van der Waals surface area contributed by atoms with E-state index in [2.05, 4.69) is 10.2 Å². The van der Waals surface area contributed by atoms with Gasteiger partial charge in [0.05, 0.1) is 12.1 Å². The Kier molecular flexibility index (Phi) is 5.91. The highest BCUT2D eigenvalue weighted by Gasteiger charge is 2.32. The number of nitrogens with zero attached hydrogens (tertiary/aromatic N) is 1. The highest BCUT2D eigenvalue weighted by molar-refractivity contribution is 5.97. The first-order valence-electron chi connectivity index (χ1n) is 8.24. The predicted octanol–water partition coefficient (Wildman–Crippen LogP) is 2.45. The molecule has 1 heterocycles. The SMILES string of the molecule is CC(=O)c1ccc(NC(=O)C(C)N2CCCC2CC(C)O)cc1. The zero-order valence-electron chi connectivity index (χ0n) is 14.1. The van der Waals surface area contributed by atoms with Crippen molar-refractivity contribution >= 4 is 17.4 Å². The number of carbonyl (C=O) groups excluding carboxylic acids is 2. The van der Waals surface area contributed by atoms with E-state index in [1.54, 1.807) is 31.2 Å². The lowest BCUT2D eigenvalue weighted by Gasteiger charge is -2.30. The third-order valence-corrected chi connectivity index (χ3v) is 4.47. The summed E-state index contributed by atoms with van der Waals surface area (Å²) < 4.78 is 0. The summed E-state index contributed by atoms with van der Waals surface area (Å²) in [5, 5.41) is 12.5. The summed E-state index contributed by atoms with van der Waals surface area (Å²) in [6, 6.07) is 6.95. The molecule has 0 aliphatic carbocycles. The van der Waals surface area contributed by atoms with Crippen molar-refractivity contribution in [1.29, 1.82) is 0 Å². The molecule has 1 aliphatic heterocycles. The zero-order valence-corrected chi connectivity index (χ0v) is 14.1. The number of likely N-dealkylation sites (tertiary alicyclic amines) is 1. The summed E-state index contributed by atoms with van der Waals surface area (Å²) in [6.45, 7) is 6.10. The number of hydrogen-bond acceptors (Lipinski definition) is 4. The third-order valence-electron chi connectivity index (χ3n) is 4.47. The molecule has 5 heteroatoms. The zero-order chi connectivity index (χ0) is 17.0. The Balaban J connectivity index is 1.97. The smallest absolute Gasteiger partial charge is 0.241 e. The van der Waals surface area contributed by atoms with E-state index in [4.69, 9.17) is 0 Å². The normalized spacial score (nSPS) is 21.0. The molecule has 2 N–H and O–H groups in total. The van der Waals surface area contributed by atoms with Crippen molar-refractivity contribution in [2.45, 2.75) is 58.2 Å². The number of amides is 1. The van der Waals surface area contributed by atoms with Crippen LogP contribution in [0.4, 0.5) is 5.69 Å². The molecule has 5 nitrogen and oxygen atoms in total. The number of carbonyl (C=O) groups is 2. The van der Waals surface area contributed by atoms with Gasteiger partial charge in [0.15, 0.2) is 5.78 Å². The molecule has 1 aromatic rings. The van der Waals surface area contributed by atoms with Crippen LogP contribution in [0.5, 0.6) is 0 Å². The lowest BCUT2D eigenvalue weighted by Crippen LogP contribution is -2.45. The minimum atomic E-state index is -0.352. The fourth-order valence-corrected chi connectivity index (χ4v) is 3.20. The molecule has 1 fully saturated rings. The topological polar surface area (TPSA) is 69.6 Å². The molecule has 0 bridgehead atoms. The molecule has 1 aliphatic rings. The van der Waals surface area contributed by atoms with Gasteiger partial charge in [-0.1, -0.05) is 0 Å². The van der Waals surface area contributed by atoms with Crippen LogP contribution in [0.3, 0.4) is 0 Å². The van der Waals surface area contributed by atoms with Crippen LogP contribution in [0.15, 0.2) is 24.3 Å². The van der Waals surface area contributed by atoms with E-state index < -0.39 is 0 Å². The van der Waals surface area contributed by atoms with Crippen molar-refractivity contribution in [3.8, 4) is 0 Å². The van der Waals surface area contributed by atoms with Gasteiger partial charge < -0.3 is 10.4 Å².